The molecule has 0 bridgehead atoms. The summed E-state index contributed by atoms with van der Waals surface area (Å²) in [7, 11) is 0. The molecule has 0 aromatic heterocycles. The molecule has 5 nitrogen and oxygen atoms in total. The van der Waals surface area contributed by atoms with Crippen LogP contribution in [0.3, 0.4) is 0 Å². The summed E-state index contributed by atoms with van der Waals surface area (Å²) in [6.45, 7) is 13.9. The molecule has 2 aliphatic rings. The number of rotatable bonds is 2. The SMILES string of the molecule is C.CC(C)C1CCCCN(C(=O)OC(C)(C)C)C1.CC(O)C1CCCCCC1.O=CC(F)(F)F. The van der Waals surface area contributed by atoms with Crippen molar-refractivity contribution in [3.8, 4) is 0 Å². The van der Waals surface area contributed by atoms with Crippen LogP contribution in [0.5, 0.6) is 0 Å². The van der Waals surface area contributed by atoms with E-state index in [-0.39, 0.29) is 19.6 Å². The van der Waals surface area contributed by atoms with Crippen LogP contribution >= 0.6 is 0 Å². The Labute approximate surface area is 205 Å². The molecule has 2 unspecified atom stereocenters. The lowest BCUT2D eigenvalue weighted by atomic mass is 9.91. The molecule has 1 amide bonds. The maximum atomic E-state index is 12.0. The van der Waals surface area contributed by atoms with Crippen molar-refractivity contribution >= 4 is 12.4 Å². The molecule has 1 aliphatic heterocycles. The molecule has 1 heterocycles. The van der Waals surface area contributed by atoms with Gasteiger partial charge in [0.2, 0.25) is 6.29 Å². The first-order valence-corrected chi connectivity index (χ1v) is 12.3. The van der Waals surface area contributed by atoms with Gasteiger partial charge in [-0.25, -0.2) is 4.79 Å². The second kappa shape index (κ2) is 17.2. The number of ether oxygens (including phenoxy) is 1. The first kappa shape index (κ1) is 34.9. The molecular weight excluding hydrogens is 447 g/mol. The van der Waals surface area contributed by atoms with E-state index in [1.165, 1.54) is 51.4 Å². The maximum absolute atomic E-state index is 12.0. The van der Waals surface area contributed by atoms with Crippen LogP contribution in [0.2, 0.25) is 0 Å². The Bertz CT molecular complexity index is 537. The van der Waals surface area contributed by atoms with E-state index in [9.17, 15) is 23.1 Å². The van der Waals surface area contributed by atoms with Gasteiger partial charge in [0.25, 0.3) is 0 Å². The van der Waals surface area contributed by atoms with Gasteiger partial charge in [0.05, 0.1) is 6.10 Å². The zero-order chi connectivity index (χ0) is 25.7. The minimum absolute atomic E-state index is 0. The van der Waals surface area contributed by atoms with E-state index in [2.05, 4.69) is 13.8 Å². The van der Waals surface area contributed by atoms with Gasteiger partial charge in [0.15, 0.2) is 0 Å². The predicted octanol–water partition coefficient (Wildman–Crippen LogP) is 7.40. The third kappa shape index (κ3) is 18.1. The average molecular weight is 498 g/mol. The van der Waals surface area contributed by atoms with E-state index in [4.69, 9.17) is 9.53 Å². The van der Waals surface area contributed by atoms with Gasteiger partial charge in [-0.15, -0.1) is 0 Å². The van der Waals surface area contributed by atoms with Crippen LogP contribution in [-0.4, -0.2) is 53.4 Å². The highest BCUT2D eigenvalue weighted by molar-refractivity contribution is 5.68. The Morgan fingerprint density at radius 1 is 0.941 bits per heavy atom. The second-order valence-electron chi connectivity index (χ2n) is 10.6. The average Bonchev–Trinajstić information content (AvgIpc) is 3.11. The summed E-state index contributed by atoms with van der Waals surface area (Å²) in [6, 6.07) is 0. The molecule has 8 heteroatoms. The van der Waals surface area contributed by atoms with Gasteiger partial charge in [0.1, 0.15) is 5.60 Å². The molecule has 0 aromatic rings. The molecular formula is C26H50F3NO4. The Morgan fingerprint density at radius 2 is 1.38 bits per heavy atom. The topological polar surface area (TPSA) is 66.8 Å². The van der Waals surface area contributed by atoms with Crippen LogP contribution in [0, 0.1) is 17.8 Å². The zero-order valence-corrected chi connectivity index (χ0v) is 21.4. The Morgan fingerprint density at radius 3 is 1.76 bits per heavy atom. The number of hydrogen-bond acceptors (Lipinski definition) is 4. The maximum Gasteiger partial charge on any atom is 0.446 e. The van der Waals surface area contributed by atoms with Crippen LogP contribution < -0.4 is 0 Å². The van der Waals surface area contributed by atoms with Crippen LogP contribution in [0.15, 0.2) is 0 Å². The van der Waals surface area contributed by atoms with Crippen molar-refractivity contribution in [2.24, 2.45) is 17.8 Å². The van der Waals surface area contributed by atoms with Gasteiger partial charge in [-0.3, -0.25) is 4.79 Å². The standard InChI is InChI=1S/C14H27NO2.C9H18O.C2HF3O.CH4/c1-11(2)12-8-6-7-9-15(10-12)13(16)17-14(3,4)5;1-8(10)9-6-4-2-3-5-7-9;3-2(4,5)1-6;/h11-12H,6-10H2,1-5H3;8-10H,2-7H2,1H3;1H;1H4. The molecule has 1 saturated heterocycles. The van der Waals surface area contributed by atoms with Crippen LogP contribution in [0.4, 0.5) is 18.0 Å². The highest BCUT2D eigenvalue weighted by atomic mass is 19.4. The quantitative estimate of drug-likeness (QED) is 0.319. The van der Waals surface area contributed by atoms with Crippen molar-refractivity contribution in [1.29, 1.82) is 0 Å². The minimum atomic E-state index is -4.64. The summed E-state index contributed by atoms with van der Waals surface area (Å²) < 4.78 is 36.7. The summed E-state index contributed by atoms with van der Waals surface area (Å²) in [4.78, 5) is 22.6. The summed E-state index contributed by atoms with van der Waals surface area (Å²) in [6.07, 6.45) is 5.55. The normalized spacial score (nSPS) is 20.8. The monoisotopic (exact) mass is 497 g/mol. The van der Waals surface area contributed by atoms with Gasteiger partial charge in [0, 0.05) is 13.1 Å². The van der Waals surface area contributed by atoms with Gasteiger partial charge in [-0.2, -0.15) is 13.2 Å². The Balaban J connectivity index is 0. The number of aliphatic hydroxyl groups excluding tert-OH is 1. The summed E-state index contributed by atoms with van der Waals surface area (Å²) in [5.41, 5.74) is -0.392. The molecule has 2 rings (SSSR count). The second-order valence-corrected chi connectivity index (χ2v) is 10.6. The minimum Gasteiger partial charge on any atom is -0.444 e. The predicted molar refractivity (Wildman–Crippen MR) is 132 cm³/mol. The summed E-state index contributed by atoms with van der Waals surface area (Å²) >= 11 is 0. The van der Waals surface area contributed by atoms with Crippen LogP contribution in [0.1, 0.15) is 107 Å². The number of likely N-dealkylation sites (tertiary alicyclic amines) is 1. The Kier molecular flexibility index (Phi) is 17.6. The van der Waals surface area contributed by atoms with Crippen LogP contribution in [-0.2, 0) is 9.53 Å². The largest absolute Gasteiger partial charge is 0.446 e. The fourth-order valence-electron chi connectivity index (χ4n) is 4.00. The molecule has 0 radical (unpaired) electrons. The van der Waals surface area contributed by atoms with Crippen molar-refractivity contribution in [2.45, 2.75) is 125 Å². The van der Waals surface area contributed by atoms with Crippen molar-refractivity contribution in [2.75, 3.05) is 13.1 Å². The van der Waals surface area contributed by atoms with Crippen molar-refractivity contribution < 1.29 is 32.6 Å². The number of aliphatic hydroxyl groups is 1. The number of aldehydes is 1. The molecule has 34 heavy (non-hydrogen) atoms. The zero-order valence-electron chi connectivity index (χ0n) is 21.4. The third-order valence-corrected chi connectivity index (χ3v) is 6.02. The van der Waals surface area contributed by atoms with Gasteiger partial charge in [-0.05, 0) is 71.1 Å². The number of amides is 1. The van der Waals surface area contributed by atoms with E-state index in [1.807, 2.05) is 32.6 Å². The number of hydrogen-bond donors (Lipinski definition) is 1. The van der Waals surface area contributed by atoms with Crippen molar-refractivity contribution in [1.82, 2.24) is 4.90 Å². The molecule has 204 valence electrons. The number of carbonyl (C=O) groups is 2. The van der Waals surface area contributed by atoms with Gasteiger partial charge in [-0.1, -0.05) is 53.4 Å². The Hall–Kier alpha value is -1.31. The third-order valence-electron chi connectivity index (χ3n) is 6.02. The lowest BCUT2D eigenvalue weighted by Crippen LogP contribution is -2.39. The summed E-state index contributed by atoms with van der Waals surface area (Å²) in [5, 5.41) is 9.30. The number of carbonyl (C=O) groups excluding carboxylic acids is 2. The van der Waals surface area contributed by atoms with E-state index < -0.39 is 18.1 Å². The molecule has 0 spiro atoms. The van der Waals surface area contributed by atoms with E-state index >= 15 is 0 Å². The lowest BCUT2D eigenvalue weighted by molar-refractivity contribution is -0.156. The summed E-state index contributed by atoms with van der Waals surface area (Å²) in [5.74, 6) is 1.85. The fraction of sp³-hybridized carbons (Fsp3) is 0.923. The van der Waals surface area contributed by atoms with E-state index in [0.29, 0.717) is 17.8 Å². The van der Waals surface area contributed by atoms with E-state index in [0.717, 1.165) is 19.5 Å². The highest BCUT2D eigenvalue weighted by Gasteiger charge is 2.27. The van der Waals surface area contributed by atoms with Gasteiger partial charge < -0.3 is 14.7 Å². The first-order chi connectivity index (χ1) is 15.2. The number of alkyl halides is 3. The number of nitrogens with zero attached hydrogens (tertiary/aromatic N) is 1. The molecule has 2 atom stereocenters. The van der Waals surface area contributed by atoms with Gasteiger partial charge >= 0.3 is 12.3 Å². The van der Waals surface area contributed by atoms with Crippen molar-refractivity contribution in [3.05, 3.63) is 0 Å². The number of halogens is 3. The highest BCUT2D eigenvalue weighted by Crippen LogP contribution is 2.25. The molecule has 1 aliphatic carbocycles. The van der Waals surface area contributed by atoms with Crippen LogP contribution in [0.25, 0.3) is 0 Å². The lowest BCUT2D eigenvalue weighted by Gasteiger charge is -2.29. The first-order valence-electron chi connectivity index (χ1n) is 12.3. The molecule has 1 saturated carbocycles. The van der Waals surface area contributed by atoms with E-state index in [1.54, 1.807) is 0 Å². The van der Waals surface area contributed by atoms with Crippen molar-refractivity contribution in [3.63, 3.8) is 0 Å². The molecule has 2 fully saturated rings. The molecule has 1 N–H and O–H groups in total. The smallest absolute Gasteiger partial charge is 0.444 e. The molecule has 0 aromatic carbocycles. The fourth-order valence-corrected chi connectivity index (χ4v) is 4.00.